The lowest BCUT2D eigenvalue weighted by molar-refractivity contribution is 0.0937. The Morgan fingerprint density at radius 1 is 1.30 bits per heavy atom. The smallest absolute Gasteiger partial charge is 0.267 e. The van der Waals surface area contributed by atoms with Gasteiger partial charge >= 0.3 is 0 Å². The van der Waals surface area contributed by atoms with E-state index in [1.54, 1.807) is 7.11 Å². The summed E-state index contributed by atoms with van der Waals surface area (Å²) in [7, 11) is 3.59. The highest BCUT2D eigenvalue weighted by molar-refractivity contribution is 5.99. The molecular formula is C19H22N2O2. The van der Waals surface area contributed by atoms with Gasteiger partial charge in [0.15, 0.2) is 0 Å². The standard InChI is InChI=1S/C19H22N2O2/c1-21-17-6-5-16(23-2)9-14(17)10-18(21)19(22)20-11-15-8-12-3-4-13(15)7-12/h3-6,9-10,12-13,15H,7-8,11H2,1-2H3,(H,20,22)/t12-,13+,15+/m1/s1. The second-order valence-electron chi connectivity index (χ2n) is 6.76. The molecule has 2 aromatic rings. The summed E-state index contributed by atoms with van der Waals surface area (Å²) in [6.45, 7) is 0.773. The lowest BCUT2D eigenvalue weighted by Gasteiger charge is -2.18. The van der Waals surface area contributed by atoms with Gasteiger partial charge in [-0.05, 0) is 54.9 Å². The van der Waals surface area contributed by atoms with E-state index in [1.165, 1.54) is 12.8 Å². The van der Waals surface area contributed by atoms with Crippen LogP contribution in [0, 0.1) is 17.8 Å². The molecule has 2 aliphatic rings. The molecule has 1 fully saturated rings. The number of fused-ring (bicyclic) bond motifs is 3. The topological polar surface area (TPSA) is 43.3 Å². The summed E-state index contributed by atoms with van der Waals surface area (Å²) in [6.07, 6.45) is 7.15. The molecule has 1 heterocycles. The van der Waals surface area contributed by atoms with Gasteiger partial charge in [0.2, 0.25) is 0 Å². The largest absolute Gasteiger partial charge is 0.497 e. The van der Waals surface area contributed by atoms with E-state index < -0.39 is 0 Å². The van der Waals surface area contributed by atoms with E-state index in [4.69, 9.17) is 4.74 Å². The van der Waals surface area contributed by atoms with Gasteiger partial charge in [-0.2, -0.15) is 0 Å². The van der Waals surface area contributed by atoms with Crippen LogP contribution in [0.1, 0.15) is 23.3 Å². The molecule has 23 heavy (non-hydrogen) atoms. The van der Waals surface area contributed by atoms with E-state index in [2.05, 4.69) is 17.5 Å². The molecule has 2 aliphatic carbocycles. The second-order valence-corrected chi connectivity index (χ2v) is 6.76. The number of ether oxygens (including phenoxy) is 1. The molecule has 1 amide bonds. The van der Waals surface area contributed by atoms with E-state index in [1.807, 2.05) is 35.9 Å². The van der Waals surface area contributed by atoms with Crippen LogP contribution in [-0.2, 0) is 7.05 Å². The van der Waals surface area contributed by atoms with Crippen molar-refractivity contribution in [2.24, 2.45) is 24.8 Å². The Kier molecular flexibility index (Phi) is 3.40. The van der Waals surface area contributed by atoms with Crippen molar-refractivity contribution in [1.82, 2.24) is 9.88 Å². The Morgan fingerprint density at radius 2 is 2.17 bits per heavy atom. The van der Waals surface area contributed by atoms with Gasteiger partial charge < -0.3 is 14.6 Å². The van der Waals surface area contributed by atoms with Crippen LogP contribution in [0.15, 0.2) is 36.4 Å². The lowest BCUT2D eigenvalue weighted by Crippen LogP contribution is -2.32. The third-order valence-electron chi connectivity index (χ3n) is 5.42. The predicted octanol–water partition coefficient (Wildman–Crippen LogP) is 3.13. The molecule has 0 aliphatic heterocycles. The first-order valence-corrected chi connectivity index (χ1v) is 8.25. The van der Waals surface area contributed by atoms with Crippen LogP contribution in [0.2, 0.25) is 0 Å². The summed E-state index contributed by atoms with van der Waals surface area (Å²) >= 11 is 0. The number of hydrogen-bond acceptors (Lipinski definition) is 2. The molecule has 120 valence electrons. The number of benzene rings is 1. The summed E-state index contributed by atoms with van der Waals surface area (Å²) in [5.74, 6) is 2.83. The number of rotatable bonds is 4. The Bertz CT molecular complexity index is 790. The van der Waals surface area contributed by atoms with E-state index in [9.17, 15) is 4.79 Å². The van der Waals surface area contributed by atoms with Gasteiger partial charge in [-0.1, -0.05) is 12.2 Å². The van der Waals surface area contributed by atoms with Crippen LogP contribution in [0.5, 0.6) is 5.75 Å². The average Bonchev–Trinajstić information content (AvgIpc) is 3.27. The van der Waals surface area contributed by atoms with E-state index >= 15 is 0 Å². The number of carbonyl (C=O) groups excluding carboxylic acids is 1. The SMILES string of the molecule is COc1ccc2c(c1)cc(C(=O)NC[C@@H]1C[C@@H]3C=C[C@H]1C3)n2C. The fourth-order valence-corrected chi connectivity index (χ4v) is 4.12. The fraction of sp³-hybridized carbons (Fsp3) is 0.421. The van der Waals surface area contributed by atoms with Crippen molar-refractivity contribution in [3.8, 4) is 5.75 Å². The number of aryl methyl sites for hydroxylation is 1. The van der Waals surface area contributed by atoms with Crippen molar-refractivity contribution in [2.45, 2.75) is 12.8 Å². The highest BCUT2D eigenvalue weighted by Crippen LogP contribution is 2.42. The summed E-state index contributed by atoms with van der Waals surface area (Å²) in [6, 6.07) is 7.82. The summed E-state index contributed by atoms with van der Waals surface area (Å²) < 4.78 is 7.21. The maximum atomic E-state index is 12.6. The number of aromatic nitrogens is 1. The number of hydrogen-bond donors (Lipinski definition) is 1. The first kappa shape index (κ1) is 14.4. The minimum Gasteiger partial charge on any atom is -0.497 e. The predicted molar refractivity (Wildman–Crippen MR) is 90.6 cm³/mol. The summed E-state index contributed by atoms with van der Waals surface area (Å²) in [5.41, 5.74) is 1.74. The molecule has 0 unspecified atom stereocenters. The van der Waals surface area contributed by atoms with Crippen LogP contribution in [-0.4, -0.2) is 24.1 Å². The maximum absolute atomic E-state index is 12.6. The molecule has 4 heteroatoms. The van der Waals surface area contributed by atoms with Crippen molar-refractivity contribution in [2.75, 3.05) is 13.7 Å². The molecule has 0 saturated heterocycles. The van der Waals surface area contributed by atoms with Crippen molar-refractivity contribution in [3.05, 3.63) is 42.1 Å². The maximum Gasteiger partial charge on any atom is 0.267 e. The van der Waals surface area contributed by atoms with Crippen LogP contribution in [0.25, 0.3) is 10.9 Å². The van der Waals surface area contributed by atoms with Gasteiger partial charge in [-0.15, -0.1) is 0 Å². The zero-order chi connectivity index (χ0) is 16.0. The number of amides is 1. The molecule has 4 nitrogen and oxygen atoms in total. The van der Waals surface area contributed by atoms with E-state index in [-0.39, 0.29) is 5.91 Å². The minimum absolute atomic E-state index is 0.00872. The lowest BCUT2D eigenvalue weighted by atomic mass is 9.93. The van der Waals surface area contributed by atoms with Crippen molar-refractivity contribution < 1.29 is 9.53 Å². The first-order valence-electron chi connectivity index (χ1n) is 8.25. The number of nitrogens with one attached hydrogen (secondary N) is 1. The van der Waals surface area contributed by atoms with Gasteiger partial charge in [0.1, 0.15) is 11.4 Å². The molecule has 0 radical (unpaired) electrons. The van der Waals surface area contributed by atoms with Crippen LogP contribution >= 0.6 is 0 Å². The molecule has 1 saturated carbocycles. The highest BCUT2D eigenvalue weighted by Gasteiger charge is 2.35. The van der Waals surface area contributed by atoms with E-state index in [0.717, 1.165) is 29.1 Å². The summed E-state index contributed by atoms with van der Waals surface area (Å²) in [4.78, 5) is 12.6. The second kappa shape index (κ2) is 5.44. The quantitative estimate of drug-likeness (QED) is 0.882. The van der Waals surface area contributed by atoms with Gasteiger partial charge in [0.25, 0.3) is 5.91 Å². The molecule has 4 rings (SSSR count). The Morgan fingerprint density at radius 3 is 2.87 bits per heavy atom. The third-order valence-corrected chi connectivity index (χ3v) is 5.42. The molecule has 1 aromatic carbocycles. The minimum atomic E-state index is 0.00872. The monoisotopic (exact) mass is 310 g/mol. The molecule has 3 atom stereocenters. The fourth-order valence-electron chi connectivity index (χ4n) is 4.12. The van der Waals surface area contributed by atoms with E-state index in [0.29, 0.717) is 17.5 Å². The van der Waals surface area contributed by atoms with Gasteiger partial charge in [-0.3, -0.25) is 4.79 Å². The zero-order valence-corrected chi connectivity index (χ0v) is 13.6. The van der Waals surface area contributed by atoms with Gasteiger partial charge in [0, 0.05) is 24.5 Å². The van der Waals surface area contributed by atoms with Crippen LogP contribution < -0.4 is 10.1 Å². The van der Waals surface area contributed by atoms with Crippen molar-refractivity contribution in [3.63, 3.8) is 0 Å². The Labute approximate surface area is 136 Å². The molecule has 1 N–H and O–H groups in total. The van der Waals surface area contributed by atoms with Crippen LogP contribution in [0.3, 0.4) is 0 Å². The Balaban J connectivity index is 1.50. The molecule has 0 spiro atoms. The molecular weight excluding hydrogens is 288 g/mol. The zero-order valence-electron chi connectivity index (χ0n) is 13.6. The number of methoxy groups -OCH3 is 1. The number of carbonyl (C=O) groups is 1. The van der Waals surface area contributed by atoms with Gasteiger partial charge in [-0.25, -0.2) is 0 Å². The molecule has 2 bridgehead atoms. The van der Waals surface area contributed by atoms with Crippen molar-refractivity contribution in [1.29, 1.82) is 0 Å². The third kappa shape index (κ3) is 2.42. The van der Waals surface area contributed by atoms with Crippen molar-refractivity contribution >= 4 is 16.8 Å². The van der Waals surface area contributed by atoms with Gasteiger partial charge in [0.05, 0.1) is 7.11 Å². The Hall–Kier alpha value is -2.23. The number of allylic oxidation sites excluding steroid dienone is 2. The first-order chi connectivity index (χ1) is 11.2. The highest BCUT2D eigenvalue weighted by atomic mass is 16.5. The average molecular weight is 310 g/mol. The summed E-state index contributed by atoms with van der Waals surface area (Å²) in [5, 5.41) is 4.16. The van der Waals surface area contributed by atoms with Crippen LogP contribution in [0.4, 0.5) is 0 Å². The molecule has 1 aromatic heterocycles. The number of nitrogens with zero attached hydrogens (tertiary/aromatic N) is 1. The normalized spacial score (nSPS) is 25.2.